The van der Waals surface area contributed by atoms with Crippen LogP contribution in [0.4, 0.5) is 5.69 Å². The Morgan fingerprint density at radius 2 is 2.00 bits per heavy atom. The first-order valence-corrected chi connectivity index (χ1v) is 6.75. The molecule has 1 fully saturated rings. The van der Waals surface area contributed by atoms with Gasteiger partial charge in [0.05, 0.1) is 11.2 Å². The molecule has 4 heteroatoms. The van der Waals surface area contributed by atoms with Crippen LogP contribution in [0.25, 0.3) is 0 Å². The van der Waals surface area contributed by atoms with Crippen molar-refractivity contribution < 1.29 is 5.11 Å². The van der Waals surface area contributed by atoms with Gasteiger partial charge in [0.25, 0.3) is 0 Å². The third-order valence-corrected chi connectivity index (χ3v) is 4.13. The summed E-state index contributed by atoms with van der Waals surface area (Å²) in [4.78, 5) is 0. The fourth-order valence-corrected chi connectivity index (χ4v) is 3.28. The standard InChI is InChI=1S/C12H18N2OS/c13-9-12(5-7-16-8-6-12)14-10-3-1-2-4-11(10)15/h1-4,14-15H,5-9,13H2. The number of rotatable bonds is 3. The summed E-state index contributed by atoms with van der Waals surface area (Å²) in [6.07, 6.45) is 2.12. The summed E-state index contributed by atoms with van der Waals surface area (Å²) in [6.45, 7) is 0.613. The molecule has 88 valence electrons. The van der Waals surface area contributed by atoms with Crippen LogP contribution in [0.15, 0.2) is 24.3 Å². The van der Waals surface area contributed by atoms with Gasteiger partial charge in [-0.2, -0.15) is 11.8 Å². The van der Waals surface area contributed by atoms with E-state index in [0.717, 1.165) is 30.0 Å². The Morgan fingerprint density at radius 1 is 1.31 bits per heavy atom. The summed E-state index contributed by atoms with van der Waals surface area (Å²) in [7, 11) is 0. The third kappa shape index (κ3) is 2.44. The van der Waals surface area contributed by atoms with Crippen LogP contribution in [0, 0.1) is 0 Å². The molecule has 0 saturated carbocycles. The zero-order chi connectivity index (χ0) is 11.4. The van der Waals surface area contributed by atoms with Crippen LogP contribution in [-0.2, 0) is 0 Å². The van der Waals surface area contributed by atoms with E-state index in [4.69, 9.17) is 5.73 Å². The van der Waals surface area contributed by atoms with Crippen molar-refractivity contribution in [2.45, 2.75) is 18.4 Å². The number of nitrogens with one attached hydrogen (secondary N) is 1. The molecule has 1 aromatic rings. The molecule has 4 N–H and O–H groups in total. The molecule has 0 atom stereocenters. The highest BCUT2D eigenvalue weighted by Crippen LogP contribution is 2.32. The van der Waals surface area contributed by atoms with Crippen LogP contribution in [0.3, 0.4) is 0 Å². The summed E-state index contributed by atoms with van der Waals surface area (Å²) >= 11 is 1.97. The van der Waals surface area contributed by atoms with Crippen LogP contribution < -0.4 is 11.1 Å². The van der Waals surface area contributed by atoms with E-state index in [9.17, 15) is 5.11 Å². The lowest BCUT2D eigenvalue weighted by Crippen LogP contribution is -2.48. The summed E-state index contributed by atoms with van der Waals surface area (Å²) < 4.78 is 0. The topological polar surface area (TPSA) is 58.3 Å². The molecule has 1 saturated heterocycles. The van der Waals surface area contributed by atoms with E-state index in [1.165, 1.54) is 0 Å². The number of aromatic hydroxyl groups is 1. The lowest BCUT2D eigenvalue weighted by molar-refractivity contribution is 0.433. The average Bonchev–Trinajstić information content (AvgIpc) is 2.33. The Kier molecular flexibility index (Phi) is 3.61. The Balaban J connectivity index is 2.15. The van der Waals surface area contributed by atoms with Crippen molar-refractivity contribution in [3.63, 3.8) is 0 Å². The van der Waals surface area contributed by atoms with Gasteiger partial charge in [-0.1, -0.05) is 12.1 Å². The number of para-hydroxylation sites is 2. The van der Waals surface area contributed by atoms with Crippen LogP contribution in [-0.4, -0.2) is 28.7 Å². The van der Waals surface area contributed by atoms with E-state index < -0.39 is 0 Å². The van der Waals surface area contributed by atoms with Gasteiger partial charge in [-0.25, -0.2) is 0 Å². The Labute approximate surface area is 100 Å². The lowest BCUT2D eigenvalue weighted by Gasteiger charge is -2.37. The van der Waals surface area contributed by atoms with Crippen LogP contribution in [0.1, 0.15) is 12.8 Å². The highest BCUT2D eigenvalue weighted by Gasteiger charge is 2.31. The third-order valence-electron chi connectivity index (χ3n) is 3.14. The van der Waals surface area contributed by atoms with Gasteiger partial charge in [-0.05, 0) is 36.5 Å². The molecule has 3 nitrogen and oxygen atoms in total. The minimum absolute atomic E-state index is 0.0376. The number of anilines is 1. The van der Waals surface area contributed by atoms with Crippen molar-refractivity contribution in [3.8, 4) is 5.75 Å². The highest BCUT2D eigenvalue weighted by molar-refractivity contribution is 7.99. The highest BCUT2D eigenvalue weighted by atomic mass is 32.2. The lowest BCUT2D eigenvalue weighted by atomic mass is 9.92. The van der Waals surface area contributed by atoms with Crippen molar-refractivity contribution in [2.24, 2.45) is 5.73 Å². The zero-order valence-corrected chi connectivity index (χ0v) is 10.1. The molecule has 2 rings (SSSR count). The normalized spacial score (nSPS) is 19.3. The molecule has 0 bridgehead atoms. The number of thioether (sulfide) groups is 1. The maximum Gasteiger partial charge on any atom is 0.138 e. The second kappa shape index (κ2) is 4.97. The maximum absolute atomic E-state index is 9.74. The van der Waals surface area contributed by atoms with E-state index >= 15 is 0 Å². The Hall–Kier alpha value is -0.870. The van der Waals surface area contributed by atoms with E-state index in [2.05, 4.69) is 5.32 Å². The minimum atomic E-state index is -0.0376. The summed E-state index contributed by atoms with van der Waals surface area (Å²) in [5.74, 6) is 2.57. The molecule has 16 heavy (non-hydrogen) atoms. The first kappa shape index (κ1) is 11.6. The molecule has 0 aliphatic carbocycles. The number of phenols is 1. The summed E-state index contributed by atoms with van der Waals surface area (Å²) in [5, 5.41) is 13.2. The molecular formula is C12H18N2OS. The Bertz CT molecular complexity index is 351. The molecular weight excluding hydrogens is 220 g/mol. The number of nitrogens with two attached hydrogens (primary N) is 1. The molecule has 0 amide bonds. The van der Waals surface area contributed by atoms with Crippen LogP contribution in [0.5, 0.6) is 5.75 Å². The average molecular weight is 238 g/mol. The van der Waals surface area contributed by atoms with Gasteiger partial charge >= 0.3 is 0 Å². The minimum Gasteiger partial charge on any atom is -0.506 e. The number of hydrogen-bond acceptors (Lipinski definition) is 4. The van der Waals surface area contributed by atoms with Gasteiger partial charge in [0.1, 0.15) is 5.75 Å². The van der Waals surface area contributed by atoms with Crippen LogP contribution >= 0.6 is 11.8 Å². The van der Waals surface area contributed by atoms with Gasteiger partial charge < -0.3 is 16.2 Å². The molecule has 0 aromatic heterocycles. The van der Waals surface area contributed by atoms with Gasteiger partial charge in [0.2, 0.25) is 0 Å². The smallest absolute Gasteiger partial charge is 0.138 e. The van der Waals surface area contributed by atoms with Crippen LogP contribution in [0.2, 0.25) is 0 Å². The monoisotopic (exact) mass is 238 g/mol. The van der Waals surface area contributed by atoms with Gasteiger partial charge in [-0.3, -0.25) is 0 Å². The number of benzene rings is 1. The van der Waals surface area contributed by atoms with E-state index in [1.54, 1.807) is 6.07 Å². The summed E-state index contributed by atoms with van der Waals surface area (Å²) in [6, 6.07) is 7.34. The predicted molar refractivity (Wildman–Crippen MR) is 70.1 cm³/mol. The van der Waals surface area contributed by atoms with E-state index in [-0.39, 0.29) is 5.54 Å². The SMILES string of the molecule is NCC1(Nc2ccccc2O)CCSCC1. The maximum atomic E-state index is 9.74. The number of hydrogen-bond donors (Lipinski definition) is 3. The molecule has 1 aromatic carbocycles. The molecule has 1 aliphatic heterocycles. The van der Waals surface area contributed by atoms with Crippen molar-refractivity contribution in [2.75, 3.05) is 23.4 Å². The summed E-state index contributed by atoms with van der Waals surface area (Å²) in [5.41, 5.74) is 6.64. The molecule has 1 aliphatic rings. The fraction of sp³-hybridized carbons (Fsp3) is 0.500. The second-order valence-electron chi connectivity index (χ2n) is 4.24. The van der Waals surface area contributed by atoms with Crippen molar-refractivity contribution >= 4 is 17.4 Å². The Morgan fingerprint density at radius 3 is 2.62 bits per heavy atom. The van der Waals surface area contributed by atoms with Crippen molar-refractivity contribution in [1.82, 2.24) is 0 Å². The second-order valence-corrected chi connectivity index (χ2v) is 5.46. The van der Waals surface area contributed by atoms with Crippen molar-refractivity contribution in [1.29, 1.82) is 0 Å². The largest absolute Gasteiger partial charge is 0.506 e. The first-order valence-electron chi connectivity index (χ1n) is 5.60. The quantitative estimate of drug-likeness (QED) is 0.705. The van der Waals surface area contributed by atoms with E-state index in [0.29, 0.717) is 12.3 Å². The molecule has 0 unspecified atom stereocenters. The van der Waals surface area contributed by atoms with Gasteiger partial charge in [0, 0.05) is 6.54 Å². The van der Waals surface area contributed by atoms with Gasteiger partial charge in [0.15, 0.2) is 0 Å². The fourth-order valence-electron chi connectivity index (χ4n) is 2.01. The molecule has 0 spiro atoms. The van der Waals surface area contributed by atoms with E-state index in [1.807, 2.05) is 30.0 Å². The molecule has 0 radical (unpaired) electrons. The predicted octanol–water partition coefficient (Wildman–Crippen LogP) is 2.03. The number of phenolic OH excluding ortho intramolecular Hbond substituents is 1. The van der Waals surface area contributed by atoms with Crippen molar-refractivity contribution in [3.05, 3.63) is 24.3 Å². The zero-order valence-electron chi connectivity index (χ0n) is 9.28. The molecule has 1 heterocycles. The first-order chi connectivity index (χ1) is 7.76. The van der Waals surface area contributed by atoms with Gasteiger partial charge in [-0.15, -0.1) is 0 Å².